The third kappa shape index (κ3) is 4.03. The normalized spacial score (nSPS) is 17.5. The SMILES string of the molecule is O=C(C1CCN(S(=O)(=O)c2c(Cl)cccc2Cl)CC1)N1CCc2ccc([N+](=O)[O-])cc21. The van der Waals surface area contributed by atoms with Crippen molar-refractivity contribution in [3.05, 3.63) is 62.1 Å². The average molecular weight is 484 g/mol. The summed E-state index contributed by atoms with van der Waals surface area (Å²) in [5.41, 5.74) is 1.40. The van der Waals surface area contributed by atoms with Crippen molar-refractivity contribution in [2.75, 3.05) is 24.5 Å². The zero-order chi connectivity index (χ0) is 22.3. The van der Waals surface area contributed by atoms with Crippen LogP contribution >= 0.6 is 23.2 Å². The molecule has 1 saturated heterocycles. The minimum absolute atomic E-state index is 0.0565. The van der Waals surface area contributed by atoms with E-state index in [9.17, 15) is 23.3 Å². The lowest BCUT2D eigenvalue weighted by atomic mass is 9.96. The Morgan fingerprint density at radius 2 is 1.71 bits per heavy atom. The molecule has 31 heavy (non-hydrogen) atoms. The lowest BCUT2D eigenvalue weighted by Gasteiger charge is -2.33. The number of amides is 1. The summed E-state index contributed by atoms with van der Waals surface area (Å²) < 4.78 is 27.3. The van der Waals surface area contributed by atoms with Gasteiger partial charge in [-0.05, 0) is 37.0 Å². The van der Waals surface area contributed by atoms with Gasteiger partial charge in [0, 0.05) is 37.7 Å². The highest BCUT2D eigenvalue weighted by Gasteiger charge is 2.37. The first kappa shape index (κ1) is 22.0. The fourth-order valence-electron chi connectivity index (χ4n) is 4.13. The Balaban J connectivity index is 1.49. The van der Waals surface area contributed by atoms with Gasteiger partial charge < -0.3 is 4.90 Å². The molecule has 4 rings (SSSR count). The summed E-state index contributed by atoms with van der Waals surface area (Å²) in [6.07, 6.45) is 1.33. The molecule has 0 saturated carbocycles. The standard InChI is InChI=1S/C20H19Cl2N3O5S/c21-16-2-1-3-17(22)19(16)31(29,30)23-9-6-14(7-10-23)20(26)24-11-8-13-4-5-15(25(27)28)12-18(13)24/h1-5,12,14H,6-11H2. The van der Waals surface area contributed by atoms with Gasteiger partial charge >= 0.3 is 0 Å². The van der Waals surface area contributed by atoms with Crippen molar-refractivity contribution in [1.29, 1.82) is 0 Å². The number of carbonyl (C=O) groups is 1. The van der Waals surface area contributed by atoms with E-state index in [-0.39, 0.29) is 45.5 Å². The van der Waals surface area contributed by atoms with Crippen LogP contribution in [0.3, 0.4) is 0 Å². The van der Waals surface area contributed by atoms with Gasteiger partial charge in [0.15, 0.2) is 0 Å². The van der Waals surface area contributed by atoms with Gasteiger partial charge in [0.25, 0.3) is 5.69 Å². The highest BCUT2D eigenvalue weighted by atomic mass is 35.5. The lowest BCUT2D eigenvalue weighted by Crippen LogP contribution is -2.44. The smallest absolute Gasteiger partial charge is 0.271 e. The summed E-state index contributed by atoms with van der Waals surface area (Å²) in [5.74, 6) is -0.495. The topological polar surface area (TPSA) is 101 Å². The molecule has 8 nitrogen and oxygen atoms in total. The van der Waals surface area contributed by atoms with Crippen LogP contribution in [-0.2, 0) is 21.2 Å². The van der Waals surface area contributed by atoms with Gasteiger partial charge in [-0.2, -0.15) is 4.31 Å². The average Bonchev–Trinajstić information content (AvgIpc) is 3.16. The van der Waals surface area contributed by atoms with E-state index in [1.807, 2.05) is 0 Å². The number of sulfonamides is 1. The molecule has 11 heteroatoms. The fourth-order valence-corrected chi connectivity index (χ4v) is 6.69. The summed E-state index contributed by atoms with van der Waals surface area (Å²) >= 11 is 12.2. The van der Waals surface area contributed by atoms with Crippen LogP contribution in [0.4, 0.5) is 11.4 Å². The van der Waals surface area contributed by atoms with E-state index in [0.717, 1.165) is 5.56 Å². The molecule has 0 bridgehead atoms. The predicted octanol–water partition coefficient (Wildman–Crippen LogP) is 3.89. The second-order valence-corrected chi connectivity index (χ2v) is 10.2. The third-order valence-electron chi connectivity index (χ3n) is 5.76. The molecule has 2 heterocycles. The number of nitro groups is 1. The van der Waals surface area contributed by atoms with E-state index in [4.69, 9.17) is 23.2 Å². The van der Waals surface area contributed by atoms with E-state index in [2.05, 4.69) is 0 Å². The molecule has 1 amide bonds. The van der Waals surface area contributed by atoms with Crippen LogP contribution in [0, 0.1) is 16.0 Å². The molecule has 0 N–H and O–H groups in total. The number of halogens is 2. The monoisotopic (exact) mass is 483 g/mol. The summed E-state index contributed by atoms with van der Waals surface area (Å²) in [6, 6.07) is 9.08. The van der Waals surface area contributed by atoms with E-state index in [1.165, 1.54) is 28.6 Å². The van der Waals surface area contributed by atoms with Gasteiger partial charge in [-0.25, -0.2) is 8.42 Å². The van der Waals surface area contributed by atoms with Crippen LogP contribution in [0.2, 0.25) is 10.0 Å². The van der Waals surface area contributed by atoms with Gasteiger partial charge in [-0.1, -0.05) is 35.3 Å². The highest BCUT2D eigenvalue weighted by Crippen LogP contribution is 2.36. The highest BCUT2D eigenvalue weighted by molar-refractivity contribution is 7.89. The van der Waals surface area contributed by atoms with Crippen molar-refractivity contribution in [2.24, 2.45) is 5.92 Å². The first-order valence-electron chi connectivity index (χ1n) is 9.73. The molecule has 0 spiro atoms. The number of nitrogens with zero attached hydrogens (tertiary/aromatic N) is 3. The number of hydrogen-bond acceptors (Lipinski definition) is 5. The quantitative estimate of drug-likeness (QED) is 0.484. The van der Waals surface area contributed by atoms with Gasteiger partial charge in [0.2, 0.25) is 15.9 Å². The number of hydrogen-bond donors (Lipinski definition) is 0. The van der Waals surface area contributed by atoms with Gasteiger partial charge in [0.1, 0.15) is 4.90 Å². The molecular weight excluding hydrogens is 465 g/mol. The van der Waals surface area contributed by atoms with Gasteiger partial charge in [-0.3, -0.25) is 14.9 Å². The van der Waals surface area contributed by atoms with Crippen LogP contribution < -0.4 is 4.90 Å². The van der Waals surface area contributed by atoms with Crippen LogP contribution in [-0.4, -0.2) is 43.2 Å². The first-order chi connectivity index (χ1) is 14.7. The number of fused-ring (bicyclic) bond motifs is 1. The van der Waals surface area contributed by atoms with Crippen molar-refractivity contribution in [3.63, 3.8) is 0 Å². The second kappa shape index (κ2) is 8.38. The Morgan fingerprint density at radius 1 is 1.06 bits per heavy atom. The van der Waals surface area contributed by atoms with Gasteiger partial charge in [0.05, 0.1) is 20.7 Å². The molecule has 2 aliphatic heterocycles. The maximum Gasteiger partial charge on any atom is 0.271 e. The Morgan fingerprint density at radius 3 is 2.32 bits per heavy atom. The molecule has 2 aliphatic rings. The van der Waals surface area contributed by atoms with E-state index >= 15 is 0 Å². The van der Waals surface area contributed by atoms with Crippen molar-refractivity contribution in [3.8, 4) is 0 Å². The Kier molecular flexibility index (Phi) is 5.95. The van der Waals surface area contributed by atoms with Crippen LogP contribution in [0.1, 0.15) is 18.4 Å². The Hall–Kier alpha value is -2.20. The minimum atomic E-state index is -3.89. The maximum atomic E-state index is 13.1. The van der Waals surface area contributed by atoms with Crippen molar-refractivity contribution < 1.29 is 18.1 Å². The largest absolute Gasteiger partial charge is 0.311 e. The zero-order valence-electron chi connectivity index (χ0n) is 16.3. The molecule has 0 radical (unpaired) electrons. The Labute approximate surface area is 189 Å². The summed E-state index contributed by atoms with van der Waals surface area (Å²) in [7, 11) is -3.89. The summed E-state index contributed by atoms with van der Waals surface area (Å²) in [4.78, 5) is 25.2. The van der Waals surface area contributed by atoms with E-state index in [1.54, 1.807) is 17.0 Å². The molecule has 0 unspecified atom stereocenters. The number of rotatable bonds is 4. The molecule has 2 aromatic carbocycles. The second-order valence-electron chi connectivity index (χ2n) is 7.54. The van der Waals surface area contributed by atoms with E-state index in [0.29, 0.717) is 31.5 Å². The van der Waals surface area contributed by atoms with E-state index < -0.39 is 14.9 Å². The number of non-ortho nitro benzene ring substituents is 1. The Bertz CT molecular complexity index is 1140. The molecule has 0 aromatic heterocycles. The van der Waals surface area contributed by atoms with Crippen molar-refractivity contribution >= 4 is 50.5 Å². The molecular formula is C20H19Cl2N3O5S. The number of carbonyl (C=O) groups excluding carboxylic acids is 1. The predicted molar refractivity (Wildman–Crippen MR) is 117 cm³/mol. The number of piperidine rings is 1. The molecule has 164 valence electrons. The lowest BCUT2D eigenvalue weighted by molar-refractivity contribution is -0.384. The first-order valence-corrected chi connectivity index (χ1v) is 11.9. The summed E-state index contributed by atoms with van der Waals surface area (Å²) in [6.45, 7) is 0.787. The molecule has 2 aromatic rings. The molecule has 0 atom stereocenters. The minimum Gasteiger partial charge on any atom is -0.311 e. The van der Waals surface area contributed by atoms with Gasteiger partial charge in [-0.15, -0.1) is 0 Å². The number of benzene rings is 2. The van der Waals surface area contributed by atoms with Crippen LogP contribution in [0.5, 0.6) is 0 Å². The zero-order valence-corrected chi connectivity index (χ0v) is 18.7. The van der Waals surface area contributed by atoms with Crippen LogP contribution in [0.15, 0.2) is 41.3 Å². The van der Waals surface area contributed by atoms with Crippen molar-refractivity contribution in [1.82, 2.24) is 4.31 Å². The number of nitro benzene ring substituents is 1. The molecule has 0 aliphatic carbocycles. The van der Waals surface area contributed by atoms with Crippen molar-refractivity contribution in [2.45, 2.75) is 24.2 Å². The number of anilines is 1. The third-order valence-corrected chi connectivity index (χ3v) is 8.62. The maximum absolute atomic E-state index is 13.1. The molecule has 1 fully saturated rings. The fraction of sp³-hybridized carbons (Fsp3) is 0.350. The van der Waals surface area contributed by atoms with Crippen LogP contribution in [0.25, 0.3) is 0 Å². The summed E-state index contributed by atoms with van der Waals surface area (Å²) in [5, 5.41) is 11.2.